The molecule has 1 saturated carbocycles. The van der Waals surface area contributed by atoms with Crippen LogP contribution in [0.25, 0.3) is 0 Å². The van der Waals surface area contributed by atoms with E-state index in [2.05, 4.69) is 32.9 Å². The third-order valence-corrected chi connectivity index (χ3v) is 3.49. The van der Waals surface area contributed by atoms with E-state index < -0.39 is 0 Å². The second-order valence-corrected chi connectivity index (χ2v) is 5.03. The SMILES string of the molecule is Cn1nc(Br)nc1[C@H]1CC[C@@H](C)CC1. The largest absolute Gasteiger partial charge is 0.252 e. The van der Waals surface area contributed by atoms with Crippen LogP contribution < -0.4 is 0 Å². The fourth-order valence-electron chi connectivity index (χ4n) is 2.24. The zero-order valence-corrected chi connectivity index (χ0v) is 10.3. The highest BCUT2D eigenvalue weighted by Gasteiger charge is 2.23. The molecule has 14 heavy (non-hydrogen) atoms. The molecule has 1 aliphatic rings. The minimum Gasteiger partial charge on any atom is -0.252 e. The summed E-state index contributed by atoms with van der Waals surface area (Å²) >= 11 is 3.32. The van der Waals surface area contributed by atoms with Crippen LogP contribution in [0.3, 0.4) is 0 Å². The summed E-state index contributed by atoms with van der Waals surface area (Å²) in [6.45, 7) is 2.34. The summed E-state index contributed by atoms with van der Waals surface area (Å²) in [6, 6.07) is 0. The van der Waals surface area contributed by atoms with E-state index in [1.807, 2.05) is 11.7 Å². The molecule has 0 bridgehead atoms. The van der Waals surface area contributed by atoms with Gasteiger partial charge in [0, 0.05) is 13.0 Å². The number of halogens is 1. The molecule has 0 atom stereocenters. The highest BCUT2D eigenvalue weighted by molar-refractivity contribution is 9.10. The van der Waals surface area contributed by atoms with E-state index in [1.165, 1.54) is 25.7 Å². The Kier molecular flexibility index (Phi) is 2.91. The number of aryl methyl sites for hydroxylation is 1. The number of aromatic nitrogens is 3. The van der Waals surface area contributed by atoms with Crippen molar-refractivity contribution in [1.29, 1.82) is 0 Å². The first kappa shape index (κ1) is 10.1. The molecule has 1 fully saturated rings. The Hall–Kier alpha value is -0.380. The van der Waals surface area contributed by atoms with Crippen molar-refractivity contribution in [3.63, 3.8) is 0 Å². The van der Waals surface area contributed by atoms with Gasteiger partial charge in [-0.3, -0.25) is 4.68 Å². The molecule has 0 amide bonds. The molecule has 0 N–H and O–H groups in total. The molecule has 1 aromatic heterocycles. The first-order valence-corrected chi connectivity index (χ1v) is 6.02. The van der Waals surface area contributed by atoms with E-state index >= 15 is 0 Å². The lowest BCUT2D eigenvalue weighted by Crippen LogP contribution is -2.14. The third kappa shape index (κ3) is 2.00. The number of hydrogen-bond acceptors (Lipinski definition) is 2. The van der Waals surface area contributed by atoms with Crippen LogP contribution in [0.4, 0.5) is 0 Å². The van der Waals surface area contributed by atoms with Crippen LogP contribution in [0.5, 0.6) is 0 Å². The van der Waals surface area contributed by atoms with Crippen molar-refractivity contribution in [3.05, 3.63) is 10.6 Å². The average Bonchev–Trinajstić information content (AvgIpc) is 2.47. The summed E-state index contributed by atoms with van der Waals surface area (Å²) in [6.07, 6.45) is 5.19. The van der Waals surface area contributed by atoms with Crippen LogP contribution in [0.15, 0.2) is 4.73 Å². The number of rotatable bonds is 1. The highest BCUT2D eigenvalue weighted by Crippen LogP contribution is 2.34. The van der Waals surface area contributed by atoms with Crippen molar-refractivity contribution < 1.29 is 0 Å². The summed E-state index contributed by atoms with van der Waals surface area (Å²) in [5.74, 6) is 2.65. The summed E-state index contributed by atoms with van der Waals surface area (Å²) in [5.41, 5.74) is 0. The van der Waals surface area contributed by atoms with E-state index in [1.54, 1.807) is 0 Å². The van der Waals surface area contributed by atoms with Gasteiger partial charge in [-0.15, -0.1) is 5.10 Å². The van der Waals surface area contributed by atoms with Crippen molar-refractivity contribution in [2.24, 2.45) is 13.0 Å². The summed E-state index contributed by atoms with van der Waals surface area (Å²) < 4.78 is 2.62. The van der Waals surface area contributed by atoms with Crippen molar-refractivity contribution in [3.8, 4) is 0 Å². The van der Waals surface area contributed by atoms with Gasteiger partial charge in [-0.1, -0.05) is 19.8 Å². The maximum atomic E-state index is 4.43. The van der Waals surface area contributed by atoms with E-state index in [0.717, 1.165) is 11.7 Å². The van der Waals surface area contributed by atoms with Gasteiger partial charge in [0.15, 0.2) is 0 Å². The van der Waals surface area contributed by atoms with Gasteiger partial charge in [-0.05, 0) is 34.7 Å². The van der Waals surface area contributed by atoms with Crippen LogP contribution in [-0.4, -0.2) is 14.8 Å². The molecule has 0 radical (unpaired) electrons. The molecule has 0 spiro atoms. The first-order valence-electron chi connectivity index (χ1n) is 5.23. The summed E-state index contributed by atoms with van der Waals surface area (Å²) in [5, 5.41) is 4.23. The van der Waals surface area contributed by atoms with Gasteiger partial charge < -0.3 is 0 Å². The number of hydrogen-bond donors (Lipinski definition) is 0. The number of nitrogens with zero attached hydrogens (tertiary/aromatic N) is 3. The Morgan fingerprint density at radius 1 is 1.29 bits per heavy atom. The molecule has 0 saturated heterocycles. The second-order valence-electron chi connectivity index (χ2n) is 4.32. The van der Waals surface area contributed by atoms with Gasteiger partial charge in [-0.2, -0.15) is 0 Å². The maximum Gasteiger partial charge on any atom is 0.217 e. The lowest BCUT2D eigenvalue weighted by Gasteiger charge is -2.25. The minimum atomic E-state index is 0.620. The van der Waals surface area contributed by atoms with Gasteiger partial charge >= 0.3 is 0 Å². The van der Waals surface area contributed by atoms with Crippen LogP contribution in [0, 0.1) is 5.92 Å². The highest BCUT2D eigenvalue weighted by atomic mass is 79.9. The molecule has 0 aliphatic heterocycles. The van der Waals surface area contributed by atoms with E-state index in [9.17, 15) is 0 Å². The molecular formula is C10H16BrN3. The zero-order valence-electron chi connectivity index (χ0n) is 8.70. The molecule has 0 aromatic carbocycles. The smallest absolute Gasteiger partial charge is 0.217 e. The van der Waals surface area contributed by atoms with Crippen molar-refractivity contribution in [1.82, 2.24) is 14.8 Å². The molecular weight excluding hydrogens is 242 g/mol. The molecule has 3 nitrogen and oxygen atoms in total. The minimum absolute atomic E-state index is 0.620. The Labute approximate surface area is 93.0 Å². The lowest BCUT2D eigenvalue weighted by atomic mass is 9.82. The quantitative estimate of drug-likeness (QED) is 0.775. The van der Waals surface area contributed by atoms with Crippen LogP contribution >= 0.6 is 15.9 Å². The predicted molar refractivity (Wildman–Crippen MR) is 59.1 cm³/mol. The second kappa shape index (κ2) is 4.01. The molecule has 0 unspecified atom stereocenters. The maximum absolute atomic E-state index is 4.43. The van der Waals surface area contributed by atoms with Crippen LogP contribution in [0.2, 0.25) is 0 Å². The molecule has 1 aromatic rings. The summed E-state index contributed by atoms with van der Waals surface area (Å²) in [7, 11) is 1.98. The van der Waals surface area contributed by atoms with Gasteiger partial charge in [0.05, 0.1) is 0 Å². The lowest BCUT2D eigenvalue weighted by molar-refractivity contribution is 0.334. The normalized spacial score (nSPS) is 27.9. The zero-order chi connectivity index (χ0) is 10.1. The van der Waals surface area contributed by atoms with E-state index in [-0.39, 0.29) is 0 Å². The fourth-order valence-corrected chi connectivity index (χ4v) is 2.66. The molecule has 4 heteroatoms. The van der Waals surface area contributed by atoms with Gasteiger partial charge in [0.2, 0.25) is 4.73 Å². The Morgan fingerprint density at radius 3 is 2.43 bits per heavy atom. The monoisotopic (exact) mass is 257 g/mol. The van der Waals surface area contributed by atoms with Crippen molar-refractivity contribution >= 4 is 15.9 Å². The van der Waals surface area contributed by atoms with Crippen LogP contribution in [-0.2, 0) is 7.05 Å². The van der Waals surface area contributed by atoms with Gasteiger partial charge in [0.25, 0.3) is 0 Å². The van der Waals surface area contributed by atoms with E-state index in [0.29, 0.717) is 10.7 Å². The van der Waals surface area contributed by atoms with Crippen molar-refractivity contribution in [2.45, 2.75) is 38.5 Å². The van der Waals surface area contributed by atoms with Crippen molar-refractivity contribution in [2.75, 3.05) is 0 Å². The van der Waals surface area contributed by atoms with Gasteiger partial charge in [-0.25, -0.2) is 4.98 Å². The first-order chi connectivity index (χ1) is 6.66. The average molecular weight is 258 g/mol. The molecule has 1 heterocycles. The van der Waals surface area contributed by atoms with E-state index in [4.69, 9.17) is 0 Å². The predicted octanol–water partition coefficient (Wildman–Crippen LogP) is 2.87. The third-order valence-electron chi connectivity index (χ3n) is 3.15. The van der Waals surface area contributed by atoms with Gasteiger partial charge in [0.1, 0.15) is 5.82 Å². The fraction of sp³-hybridized carbons (Fsp3) is 0.800. The topological polar surface area (TPSA) is 30.7 Å². The Morgan fingerprint density at radius 2 is 1.93 bits per heavy atom. The van der Waals surface area contributed by atoms with Crippen LogP contribution in [0.1, 0.15) is 44.3 Å². The Balaban J connectivity index is 2.11. The molecule has 1 aliphatic carbocycles. The summed E-state index contributed by atoms with van der Waals surface area (Å²) in [4.78, 5) is 4.43. The standard InChI is InChI=1S/C10H16BrN3/c1-7-3-5-8(6-4-7)9-12-10(11)13-14(9)2/h7-8H,3-6H2,1-2H3/t7-,8+. The Bertz CT molecular complexity index is 313. The molecule has 2 rings (SSSR count). The molecule has 78 valence electrons.